The number of piperidine rings is 1. The number of amides is 5. The van der Waals surface area contributed by atoms with E-state index in [1.165, 1.54) is 6.20 Å². The van der Waals surface area contributed by atoms with E-state index in [2.05, 4.69) is 53.3 Å². The summed E-state index contributed by atoms with van der Waals surface area (Å²) in [7, 11) is 2.23. The van der Waals surface area contributed by atoms with Crippen LogP contribution in [0.3, 0.4) is 0 Å². The van der Waals surface area contributed by atoms with Crippen molar-refractivity contribution in [2.45, 2.75) is 69.5 Å². The molecular formula is C44H49N11O6. The number of carbonyl (C=O) groups is 5. The van der Waals surface area contributed by atoms with Gasteiger partial charge in [-0.05, 0) is 88.2 Å². The van der Waals surface area contributed by atoms with Crippen LogP contribution < -0.4 is 20.3 Å². The predicted molar refractivity (Wildman–Crippen MR) is 225 cm³/mol. The second-order valence-corrected chi connectivity index (χ2v) is 17.1. The van der Waals surface area contributed by atoms with Gasteiger partial charge < -0.3 is 19.9 Å². The zero-order valence-electron chi connectivity index (χ0n) is 34.2. The Hall–Kier alpha value is -6.20. The molecule has 0 radical (unpaired) electrons. The number of carbonyl (C=O) groups excluding carboxylic acids is 5. The fourth-order valence-corrected chi connectivity index (χ4v) is 9.28. The molecule has 316 valence electrons. The molecule has 1 atom stereocenters. The van der Waals surface area contributed by atoms with Gasteiger partial charge in [-0.25, -0.2) is 9.50 Å². The molecule has 2 saturated carbocycles. The SMILES string of the molecule is CN(CCN1CCN(c2ccc3c(c2)C(=O)N(C2CCC(=O)NC2=O)C3=O)CC1)C1CCC(n2cc3cc(NC(=O)c4cnn5cccnc45)c(OCC4CC4)cc3n2)CC1. The van der Waals surface area contributed by atoms with Gasteiger partial charge in [0.05, 0.1) is 41.2 Å². The standard InChI is InChI=1S/C44H49N11O6/c1-50(15-16-51-17-19-52(20-18-51)31-9-10-32-33(22-31)44(60)55(43(32)59)37-11-12-39(56)48-42(37)58)29-5-7-30(8-6-29)54-25-28-21-36(38(23-35(28)49-54)61-26-27-3-4-27)47-41(57)34-24-46-53-14-2-13-45-40(34)53/h2,9-10,13-14,21-25,27,29-30,37H,3-8,11-12,15-20,26H2,1H3,(H,47,57)(H,48,56,58). The lowest BCUT2D eigenvalue weighted by atomic mass is 9.90. The van der Waals surface area contributed by atoms with Gasteiger partial charge in [-0.15, -0.1) is 0 Å². The summed E-state index contributed by atoms with van der Waals surface area (Å²) in [6.07, 6.45) is 13.8. The van der Waals surface area contributed by atoms with E-state index >= 15 is 0 Å². The summed E-state index contributed by atoms with van der Waals surface area (Å²) in [6.45, 7) is 5.91. The van der Waals surface area contributed by atoms with Crippen molar-refractivity contribution in [3.05, 3.63) is 77.9 Å². The smallest absolute Gasteiger partial charge is 0.262 e. The van der Waals surface area contributed by atoms with Crippen LogP contribution in [0.4, 0.5) is 11.4 Å². The largest absolute Gasteiger partial charge is 0.491 e. The number of imide groups is 2. The van der Waals surface area contributed by atoms with Crippen LogP contribution in [0.5, 0.6) is 5.75 Å². The Kier molecular flexibility index (Phi) is 10.2. The summed E-state index contributed by atoms with van der Waals surface area (Å²) in [5.74, 6) is -1.09. The van der Waals surface area contributed by atoms with Gasteiger partial charge in [0.2, 0.25) is 11.8 Å². The van der Waals surface area contributed by atoms with Gasteiger partial charge in [-0.3, -0.25) is 43.8 Å². The molecule has 2 N–H and O–H groups in total. The third-order valence-corrected chi connectivity index (χ3v) is 13.2. The summed E-state index contributed by atoms with van der Waals surface area (Å²) in [6, 6.07) is 10.8. The molecule has 17 heteroatoms. The van der Waals surface area contributed by atoms with Gasteiger partial charge in [0.15, 0.2) is 5.65 Å². The molecule has 5 aliphatic rings. The normalized spacial score (nSPS) is 22.4. The minimum Gasteiger partial charge on any atom is -0.491 e. The van der Waals surface area contributed by atoms with Crippen LogP contribution in [0.15, 0.2) is 61.2 Å². The quantitative estimate of drug-likeness (QED) is 0.174. The minimum absolute atomic E-state index is 0.0931. The number of piperazine rings is 1. The number of fused-ring (bicyclic) bond motifs is 3. The van der Waals surface area contributed by atoms with E-state index in [0.717, 1.165) is 99.3 Å². The second-order valence-electron chi connectivity index (χ2n) is 17.1. The molecule has 10 rings (SSSR count). The number of aromatic nitrogens is 5. The first-order valence-corrected chi connectivity index (χ1v) is 21.5. The van der Waals surface area contributed by atoms with Gasteiger partial charge in [0, 0.05) is 87.5 Å². The van der Waals surface area contributed by atoms with E-state index in [0.29, 0.717) is 52.3 Å². The molecule has 5 aromatic rings. The zero-order chi connectivity index (χ0) is 41.8. The summed E-state index contributed by atoms with van der Waals surface area (Å²) in [5.41, 5.74) is 3.83. The predicted octanol–water partition coefficient (Wildman–Crippen LogP) is 3.76. The van der Waals surface area contributed by atoms with E-state index in [4.69, 9.17) is 9.84 Å². The number of hydrogen-bond donors (Lipinski definition) is 2. The van der Waals surface area contributed by atoms with Crippen molar-refractivity contribution in [2.75, 3.05) is 63.1 Å². The Balaban J connectivity index is 0.716. The molecule has 3 aliphatic heterocycles. The number of anilines is 2. The average molecular weight is 828 g/mol. The fourth-order valence-electron chi connectivity index (χ4n) is 9.28. The monoisotopic (exact) mass is 827 g/mol. The molecule has 61 heavy (non-hydrogen) atoms. The molecule has 1 unspecified atom stereocenters. The van der Waals surface area contributed by atoms with Crippen molar-refractivity contribution >= 4 is 57.5 Å². The van der Waals surface area contributed by atoms with Gasteiger partial charge in [0.1, 0.15) is 17.4 Å². The number of likely N-dealkylation sites (N-methyl/N-ethyl adjacent to an activating group) is 1. The fraction of sp³-hybridized carbons (Fsp3) is 0.455. The minimum atomic E-state index is -0.972. The molecule has 0 spiro atoms. The van der Waals surface area contributed by atoms with Crippen LogP contribution in [-0.2, 0) is 9.59 Å². The van der Waals surface area contributed by atoms with Gasteiger partial charge in [-0.1, -0.05) is 0 Å². The zero-order valence-corrected chi connectivity index (χ0v) is 34.2. The first kappa shape index (κ1) is 39.0. The van der Waals surface area contributed by atoms with E-state index < -0.39 is 23.8 Å². The number of nitrogens with one attached hydrogen (secondary N) is 2. The van der Waals surface area contributed by atoms with Crippen LogP contribution in [-0.4, -0.2) is 134 Å². The van der Waals surface area contributed by atoms with Crippen molar-refractivity contribution < 1.29 is 28.7 Å². The van der Waals surface area contributed by atoms with Crippen molar-refractivity contribution in [3.63, 3.8) is 0 Å². The average Bonchev–Trinajstić information content (AvgIpc) is 3.77. The van der Waals surface area contributed by atoms with Gasteiger partial charge in [0.25, 0.3) is 17.7 Å². The molecule has 6 heterocycles. The van der Waals surface area contributed by atoms with Crippen molar-refractivity contribution in [2.24, 2.45) is 5.92 Å². The molecule has 3 aromatic heterocycles. The molecule has 17 nitrogen and oxygen atoms in total. The molecule has 2 saturated heterocycles. The Labute approximate surface area is 352 Å². The maximum Gasteiger partial charge on any atom is 0.262 e. The molecule has 0 bridgehead atoms. The molecule has 2 aliphatic carbocycles. The maximum atomic E-state index is 13.5. The Morgan fingerprint density at radius 1 is 0.951 bits per heavy atom. The second kappa shape index (κ2) is 16.0. The molecular weight excluding hydrogens is 779 g/mol. The third-order valence-electron chi connectivity index (χ3n) is 13.2. The Morgan fingerprint density at radius 2 is 1.75 bits per heavy atom. The lowest BCUT2D eigenvalue weighted by Crippen LogP contribution is -2.54. The van der Waals surface area contributed by atoms with Gasteiger partial charge in [-0.2, -0.15) is 10.2 Å². The van der Waals surface area contributed by atoms with Crippen LogP contribution in [0, 0.1) is 5.92 Å². The van der Waals surface area contributed by atoms with E-state index in [-0.39, 0.29) is 30.7 Å². The Morgan fingerprint density at radius 3 is 2.54 bits per heavy atom. The van der Waals surface area contributed by atoms with Crippen molar-refractivity contribution in [1.29, 1.82) is 0 Å². The van der Waals surface area contributed by atoms with Crippen LogP contribution >= 0.6 is 0 Å². The Bertz CT molecular complexity index is 2550. The molecule has 5 amide bonds. The summed E-state index contributed by atoms with van der Waals surface area (Å²) < 4.78 is 9.95. The van der Waals surface area contributed by atoms with Crippen molar-refractivity contribution in [1.82, 2.24) is 44.4 Å². The van der Waals surface area contributed by atoms with Crippen LogP contribution in [0.1, 0.15) is 88.5 Å². The third kappa shape index (κ3) is 7.71. The van der Waals surface area contributed by atoms with E-state index in [9.17, 15) is 24.0 Å². The molecule has 2 aromatic carbocycles. The number of benzene rings is 2. The lowest BCUT2D eigenvalue weighted by Gasteiger charge is -2.39. The number of nitrogens with zero attached hydrogens (tertiary/aromatic N) is 9. The summed E-state index contributed by atoms with van der Waals surface area (Å²) in [5, 5.41) is 15.6. The van der Waals surface area contributed by atoms with Crippen molar-refractivity contribution in [3.8, 4) is 5.75 Å². The highest BCUT2D eigenvalue weighted by Gasteiger charge is 2.45. The maximum absolute atomic E-state index is 13.5. The first-order chi connectivity index (χ1) is 29.7. The molecule has 4 fully saturated rings. The van der Waals surface area contributed by atoms with Crippen LogP contribution in [0.25, 0.3) is 16.6 Å². The first-order valence-electron chi connectivity index (χ1n) is 21.5. The van der Waals surface area contributed by atoms with Gasteiger partial charge >= 0.3 is 0 Å². The highest BCUT2D eigenvalue weighted by atomic mass is 16.5. The van der Waals surface area contributed by atoms with E-state index in [1.54, 1.807) is 35.1 Å². The van der Waals surface area contributed by atoms with E-state index in [1.807, 2.05) is 18.2 Å². The number of rotatable bonds is 12. The highest BCUT2D eigenvalue weighted by molar-refractivity contribution is 6.23. The van der Waals surface area contributed by atoms with Crippen LogP contribution in [0.2, 0.25) is 0 Å². The highest BCUT2D eigenvalue weighted by Crippen LogP contribution is 2.37. The topological polar surface area (TPSA) is 180 Å². The number of ether oxygens (including phenoxy) is 1. The summed E-state index contributed by atoms with van der Waals surface area (Å²) in [4.78, 5) is 76.7. The lowest BCUT2D eigenvalue weighted by molar-refractivity contribution is -0.136. The summed E-state index contributed by atoms with van der Waals surface area (Å²) >= 11 is 0. The number of hydrogen-bond acceptors (Lipinski definition) is 12.